The highest BCUT2D eigenvalue weighted by molar-refractivity contribution is 6.62. The molecule has 0 spiro atoms. The molecule has 0 unspecified atom stereocenters. The Bertz CT molecular complexity index is 2190. The van der Waals surface area contributed by atoms with E-state index in [1.165, 1.54) is 0 Å². The normalized spacial score (nSPS) is 14.3. The van der Waals surface area contributed by atoms with Gasteiger partial charge in [-0.15, -0.1) is 0 Å². The van der Waals surface area contributed by atoms with Gasteiger partial charge in [0.05, 0.1) is 0 Å². The number of hydrogen-bond donors (Lipinski definition) is 4. The maximum Gasteiger partial charge on any atom is 0.490 e. The zero-order chi connectivity index (χ0) is 46.8. The molecule has 0 bridgehead atoms. The van der Waals surface area contributed by atoms with E-state index in [1.807, 2.05) is 0 Å². The highest BCUT2D eigenvalue weighted by atomic mass is 19.1. The van der Waals surface area contributed by atoms with Crippen molar-refractivity contribution in [2.45, 2.75) is 218 Å². The first-order chi connectivity index (χ1) is 32.1. The van der Waals surface area contributed by atoms with Gasteiger partial charge in [-0.1, -0.05) is 204 Å². The smallest absolute Gasteiger partial charge is 0.423 e. The van der Waals surface area contributed by atoms with E-state index in [0.29, 0.717) is 47.9 Å². The molecule has 10 nitrogen and oxygen atoms in total. The molecule has 0 aliphatic heterocycles. The van der Waals surface area contributed by atoms with Crippen LogP contribution in [0.1, 0.15) is 230 Å². The maximum absolute atomic E-state index is 19.3. The highest BCUT2D eigenvalue weighted by Gasteiger charge is 2.55. The predicted octanol–water partition coefficient (Wildman–Crippen LogP) is 11.9. The third-order valence-electron chi connectivity index (χ3n) is 15.4. The summed E-state index contributed by atoms with van der Waals surface area (Å²) in [7, 11) is -3.85. The summed E-state index contributed by atoms with van der Waals surface area (Å²) >= 11 is 0. The first-order valence-corrected chi connectivity index (χ1v) is 26.0. The lowest BCUT2D eigenvalue weighted by molar-refractivity contribution is 0.315. The zero-order valence-corrected chi connectivity index (χ0v) is 40.3. The monoisotopic (exact) mass is 911 g/mol. The average molecular weight is 911 g/mol. The van der Waals surface area contributed by atoms with Crippen molar-refractivity contribution in [3.05, 3.63) is 46.0 Å². The van der Waals surface area contributed by atoms with E-state index in [4.69, 9.17) is 9.26 Å². The van der Waals surface area contributed by atoms with Gasteiger partial charge in [0.15, 0.2) is 0 Å². The summed E-state index contributed by atoms with van der Waals surface area (Å²) in [6.45, 7) is 8.75. The first-order valence-electron chi connectivity index (χ1n) is 26.0. The van der Waals surface area contributed by atoms with Crippen LogP contribution < -0.4 is 10.9 Å². The second-order valence-corrected chi connectivity index (χ2v) is 19.8. The number of hydrogen-bond acceptors (Lipinski definition) is 10. The van der Waals surface area contributed by atoms with Gasteiger partial charge >= 0.3 is 14.2 Å². The van der Waals surface area contributed by atoms with Gasteiger partial charge in [-0.3, -0.25) is 0 Å². The van der Waals surface area contributed by atoms with E-state index in [9.17, 15) is 20.1 Å². The molecule has 7 rings (SSSR count). The Kier molecular flexibility index (Phi) is 17.5. The predicted molar refractivity (Wildman–Crippen MR) is 261 cm³/mol. The molecular weight excluding hydrogens is 836 g/mol. The average Bonchev–Trinajstić information content (AvgIpc) is 4.10. The van der Waals surface area contributed by atoms with Crippen LogP contribution in [0, 0.1) is 11.6 Å². The van der Waals surface area contributed by atoms with Crippen LogP contribution in [0.25, 0.3) is 44.3 Å². The molecule has 3 aromatic carbocycles. The lowest BCUT2D eigenvalue weighted by Crippen LogP contribution is -2.34. The summed E-state index contributed by atoms with van der Waals surface area (Å²) in [5.41, 5.74) is 1.59. The molecule has 5 aromatic rings. The SMILES string of the molecule is CCCCCCCCC1(CCCCCCCC)c2cc(B(O)O)c3nonc3c2-c2c(F)c3c(c(F)c21)-c1c(cc(B(O)O)c2nonc12)C3(CCCCCCCC)CCCCCCCC. The Hall–Kier alpha value is -3.71. The van der Waals surface area contributed by atoms with E-state index < -0.39 is 36.7 Å². The number of unbranched alkanes of at least 4 members (excludes halogenated alkanes) is 20. The molecule has 14 heteroatoms. The van der Waals surface area contributed by atoms with Crippen molar-refractivity contribution in [2.24, 2.45) is 0 Å². The summed E-state index contributed by atoms with van der Waals surface area (Å²) in [5, 5.41) is 60.4. The number of rotatable bonds is 30. The third-order valence-corrected chi connectivity index (χ3v) is 15.4. The van der Waals surface area contributed by atoms with Gasteiger partial charge < -0.3 is 20.1 Å². The van der Waals surface area contributed by atoms with E-state index >= 15 is 8.78 Å². The number of nitrogens with zero attached hydrogens (tertiary/aromatic N) is 4. The van der Waals surface area contributed by atoms with Gasteiger partial charge in [-0.25, -0.2) is 18.0 Å². The fourth-order valence-electron chi connectivity index (χ4n) is 12.0. The number of benzene rings is 3. The number of halogens is 2. The molecular formula is C52H74B2F2N4O6. The van der Waals surface area contributed by atoms with Crippen molar-refractivity contribution >= 4 is 47.2 Å². The van der Waals surface area contributed by atoms with Gasteiger partial charge in [0.1, 0.15) is 33.7 Å². The van der Waals surface area contributed by atoms with Crippen LogP contribution >= 0.6 is 0 Å². The lowest BCUT2D eigenvalue weighted by atomic mass is 9.67. The molecule has 2 aliphatic rings. The van der Waals surface area contributed by atoms with E-state index in [-0.39, 0.29) is 55.2 Å². The fraction of sp³-hybridized carbons (Fsp3) is 0.654. The largest absolute Gasteiger partial charge is 0.490 e. The summed E-state index contributed by atoms with van der Waals surface area (Å²) < 4.78 is 49.3. The van der Waals surface area contributed by atoms with E-state index in [2.05, 4.69) is 48.3 Å². The fourth-order valence-corrected chi connectivity index (χ4v) is 12.0. The minimum Gasteiger partial charge on any atom is -0.423 e. The quantitative estimate of drug-likeness (QED) is 0.0258. The molecule has 0 radical (unpaired) electrons. The standard InChI is InChI=1S/C52H74B2F2N4O6/c1-5-9-13-17-21-25-29-51(30-26-22-18-14-10-6-2)35-33-37(53(61)62)47-49(59-65-57-47)39(35)41-43(51)45(55)42-40-36(34-38(54(63)64)48-50(40)60-66-58-48)52(44(42)46(41)56,31-27-23-19-15-11-7-3)32-28-24-20-16-12-8-4/h33-34,61-64H,5-32H2,1-4H3. The van der Waals surface area contributed by atoms with Gasteiger partial charge in [0, 0.05) is 55.1 Å². The van der Waals surface area contributed by atoms with Crippen LogP contribution in [0.3, 0.4) is 0 Å². The Labute approximate surface area is 391 Å². The maximum atomic E-state index is 19.3. The van der Waals surface area contributed by atoms with Crippen LogP contribution in [-0.2, 0) is 10.8 Å². The molecule has 0 atom stereocenters. The molecule has 2 aromatic heterocycles. The van der Waals surface area contributed by atoms with Gasteiger partial charge in [-0.05, 0) is 47.1 Å². The van der Waals surface area contributed by atoms with Gasteiger partial charge in [0.2, 0.25) is 0 Å². The molecule has 66 heavy (non-hydrogen) atoms. The summed E-state index contributed by atoms with van der Waals surface area (Å²) in [4.78, 5) is 0. The van der Waals surface area contributed by atoms with Crippen LogP contribution in [-0.4, -0.2) is 55.0 Å². The molecule has 2 heterocycles. The van der Waals surface area contributed by atoms with Crippen molar-refractivity contribution < 1.29 is 38.1 Å². The van der Waals surface area contributed by atoms with Crippen LogP contribution in [0.15, 0.2) is 21.4 Å². The van der Waals surface area contributed by atoms with Crippen LogP contribution in [0.5, 0.6) is 0 Å². The Morgan fingerprint density at radius 1 is 0.409 bits per heavy atom. The van der Waals surface area contributed by atoms with Gasteiger partial charge in [-0.2, -0.15) is 0 Å². The van der Waals surface area contributed by atoms with Gasteiger partial charge in [0.25, 0.3) is 0 Å². The van der Waals surface area contributed by atoms with Crippen LogP contribution in [0.2, 0.25) is 0 Å². The lowest BCUT2D eigenvalue weighted by Gasteiger charge is -2.35. The molecule has 4 N–H and O–H groups in total. The van der Waals surface area contributed by atoms with E-state index in [1.54, 1.807) is 12.1 Å². The molecule has 0 saturated carbocycles. The number of fused-ring (bicyclic) bond motifs is 10. The van der Waals surface area contributed by atoms with Crippen molar-refractivity contribution in [3.63, 3.8) is 0 Å². The van der Waals surface area contributed by atoms with Crippen LogP contribution in [0.4, 0.5) is 8.78 Å². The Balaban J connectivity index is 1.53. The van der Waals surface area contributed by atoms with Crippen molar-refractivity contribution in [3.8, 4) is 22.3 Å². The molecule has 2 aliphatic carbocycles. The van der Waals surface area contributed by atoms with Crippen molar-refractivity contribution in [1.82, 2.24) is 20.6 Å². The summed E-state index contributed by atoms with van der Waals surface area (Å²) in [6.07, 6.45) is 26.2. The van der Waals surface area contributed by atoms with E-state index in [0.717, 1.165) is 154 Å². The third kappa shape index (κ3) is 9.64. The molecule has 0 fully saturated rings. The highest BCUT2D eigenvalue weighted by Crippen LogP contribution is 2.64. The number of aromatic nitrogens is 4. The second kappa shape index (κ2) is 23.1. The Morgan fingerprint density at radius 3 is 0.970 bits per heavy atom. The topological polar surface area (TPSA) is 159 Å². The summed E-state index contributed by atoms with van der Waals surface area (Å²) in [6, 6.07) is 3.43. The summed E-state index contributed by atoms with van der Waals surface area (Å²) in [5.74, 6) is -1.05. The minimum atomic E-state index is -1.92. The van der Waals surface area contributed by atoms with Crippen molar-refractivity contribution in [2.75, 3.05) is 0 Å². The first kappa shape index (κ1) is 50.2. The van der Waals surface area contributed by atoms with Crippen molar-refractivity contribution in [1.29, 1.82) is 0 Å². The Morgan fingerprint density at radius 2 is 0.682 bits per heavy atom. The molecule has 0 amide bonds. The molecule has 0 saturated heterocycles. The second-order valence-electron chi connectivity index (χ2n) is 19.8. The minimum absolute atomic E-state index is 0.0951. The molecule has 358 valence electrons. The zero-order valence-electron chi connectivity index (χ0n) is 40.3.